The maximum atomic E-state index is 11.3. The summed E-state index contributed by atoms with van der Waals surface area (Å²) in [5.74, 6) is -0.972. The van der Waals surface area contributed by atoms with Crippen molar-refractivity contribution in [3.05, 3.63) is 51.4 Å². The number of rotatable bonds is 4. The molecule has 0 aliphatic rings. The number of nitrogens with one attached hydrogen (secondary N) is 2. The molecule has 0 fully saturated rings. The number of aromatic amines is 1. The van der Waals surface area contributed by atoms with Crippen molar-refractivity contribution in [2.45, 2.75) is 6.92 Å². The van der Waals surface area contributed by atoms with Crippen LogP contribution in [0.25, 0.3) is 0 Å². The molecule has 2 rings (SSSR count). The van der Waals surface area contributed by atoms with E-state index in [-0.39, 0.29) is 22.8 Å². The van der Waals surface area contributed by atoms with Crippen molar-refractivity contribution in [2.75, 3.05) is 5.43 Å². The second kappa shape index (κ2) is 5.74. The number of carboxylic acids is 1. The Morgan fingerprint density at radius 1 is 1.40 bits per heavy atom. The summed E-state index contributed by atoms with van der Waals surface area (Å²) in [7, 11) is 0. The van der Waals surface area contributed by atoms with Crippen LogP contribution in [0.5, 0.6) is 0 Å². The fourth-order valence-corrected chi connectivity index (χ4v) is 1.41. The van der Waals surface area contributed by atoms with Crippen LogP contribution < -0.4 is 11.0 Å². The molecule has 1 aromatic carbocycles. The molecule has 8 heteroatoms. The first-order chi connectivity index (χ1) is 9.58. The molecule has 3 N–H and O–H groups in total. The molecule has 1 aromatic heterocycles. The van der Waals surface area contributed by atoms with Gasteiger partial charge in [0.25, 0.3) is 5.56 Å². The lowest BCUT2D eigenvalue weighted by Gasteiger charge is -2.00. The van der Waals surface area contributed by atoms with Gasteiger partial charge in [0.05, 0.1) is 11.8 Å². The molecule has 8 nitrogen and oxygen atoms in total. The van der Waals surface area contributed by atoms with Crippen molar-refractivity contribution >= 4 is 18.1 Å². The van der Waals surface area contributed by atoms with E-state index in [9.17, 15) is 9.59 Å². The van der Waals surface area contributed by atoms with E-state index in [1.165, 1.54) is 19.2 Å². The van der Waals surface area contributed by atoms with E-state index < -0.39 is 5.97 Å². The van der Waals surface area contributed by atoms with Gasteiger partial charge in [0, 0.05) is 5.56 Å². The van der Waals surface area contributed by atoms with Crippen LogP contribution in [0.15, 0.2) is 34.2 Å². The molecule has 0 bridgehead atoms. The van der Waals surface area contributed by atoms with Crippen LogP contribution in [0.1, 0.15) is 21.6 Å². The third kappa shape index (κ3) is 3.05. The first-order valence-electron chi connectivity index (χ1n) is 5.63. The first-order valence-corrected chi connectivity index (χ1v) is 5.63. The van der Waals surface area contributed by atoms with Gasteiger partial charge in [-0.15, -0.1) is 10.2 Å². The van der Waals surface area contributed by atoms with E-state index >= 15 is 0 Å². The lowest BCUT2D eigenvalue weighted by molar-refractivity contribution is 0.0697. The molecule has 0 spiro atoms. The second-order valence-electron chi connectivity index (χ2n) is 3.85. The van der Waals surface area contributed by atoms with E-state index in [2.05, 4.69) is 25.7 Å². The Kier molecular flexibility index (Phi) is 3.85. The number of carboxylic acid groups (broad SMARTS) is 1. The van der Waals surface area contributed by atoms with Crippen LogP contribution in [0.3, 0.4) is 0 Å². The molecule has 20 heavy (non-hydrogen) atoms. The number of aromatic carboxylic acids is 1. The highest BCUT2D eigenvalue weighted by Crippen LogP contribution is 2.06. The summed E-state index contributed by atoms with van der Waals surface area (Å²) < 4.78 is 0. The summed E-state index contributed by atoms with van der Waals surface area (Å²) in [6, 6.07) is 6.40. The largest absolute Gasteiger partial charge is 0.478 e. The minimum absolute atomic E-state index is 0.0738. The third-order valence-electron chi connectivity index (χ3n) is 2.43. The average Bonchev–Trinajstić information content (AvgIpc) is 2.43. The maximum Gasteiger partial charge on any atom is 0.336 e. The van der Waals surface area contributed by atoms with E-state index in [4.69, 9.17) is 5.11 Å². The summed E-state index contributed by atoms with van der Waals surface area (Å²) in [5.41, 5.74) is 2.90. The Morgan fingerprint density at radius 3 is 2.85 bits per heavy atom. The van der Waals surface area contributed by atoms with Gasteiger partial charge in [0.1, 0.15) is 5.69 Å². The van der Waals surface area contributed by atoms with Gasteiger partial charge in [-0.3, -0.25) is 9.78 Å². The van der Waals surface area contributed by atoms with Gasteiger partial charge >= 0.3 is 5.97 Å². The van der Waals surface area contributed by atoms with Gasteiger partial charge in [-0.2, -0.15) is 5.10 Å². The van der Waals surface area contributed by atoms with Crippen LogP contribution in [-0.4, -0.2) is 32.5 Å². The van der Waals surface area contributed by atoms with Crippen molar-refractivity contribution in [1.82, 2.24) is 15.2 Å². The molecule has 0 saturated carbocycles. The van der Waals surface area contributed by atoms with Gasteiger partial charge in [-0.1, -0.05) is 18.2 Å². The Hall–Kier alpha value is -3.03. The monoisotopic (exact) mass is 273 g/mol. The predicted octanol–water partition coefficient (Wildman–Crippen LogP) is 0.618. The Morgan fingerprint density at radius 2 is 2.15 bits per heavy atom. The lowest BCUT2D eigenvalue weighted by atomic mass is 10.1. The number of hydrogen-bond acceptors (Lipinski definition) is 6. The van der Waals surface area contributed by atoms with Crippen molar-refractivity contribution in [2.24, 2.45) is 5.10 Å². The number of aromatic nitrogens is 3. The minimum Gasteiger partial charge on any atom is -0.478 e. The molecule has 0 amide bonds. The lowest BCUT2D eigenvalue weighted by Crippen LogP contribution is -2.15. The molecule has 102 valence electrons. The molecule has 0 unspecified atom stereocenters. The van der Waals surface area contributed by atoms with Crippen LogP contribution in [0, 0.1) is 6.92 Å². The number of benzene rings is 1. The molecule has 0 aliphatic carbocycles. The number of hydrazone groups is 1. The fraction of sp³-hybridized carbons (Fsp3) is 0.0833. The molecular weight excluding hydrogens is 262 g/mol. The SMILES string of the molecule is Cc1nnc(NN=Cc2ccccc2C(=O)O)[nH]c1=O. The van der Waals surface area contributed by atoms with Crippen molar-refractivity contribution in [3.63, 3.8) is 0 Å². The van der Waals surface area contributed by atoms with E-state index in [1.54, 1.807) is 18.2 Å². The normalized spacial score (nSPS) is 10.7. The summed E-state index contributed by atoms with van der Waals surface area (Å²) in [6.07, 6.45) is 1.32. The Labute approximate surface area is 113 Å². The Bertz CT molecular complexity index is 723. The molecule has 0 saturated heterocycles. The van der Waals surface area contributed by atoms with Gasteiger partial charge < -0.3 is 5.11 Å². The number of H-pyrrole nitrogens is 1. The zero-order valence-electron chi connectivity index (χ0n) is 10.5. The second-order valence-corrected chi connectivity index (χ2v) is 3.85. The summed E-state index contributed by atoms with van der Waals surface area (Å²) >= 11 is 0. The van der Waals surface area contributed by atoms with Gasteiger partial charge in [0.15, 0.2) is 0 Å². The van der Waals surface area contributed by atoms with Crippen molar-refractivity contribution in [1.29, 1.82) is 0 Å². The maximum absolute atomic E-state index is 11.3. The molecule has 1 heterocycles. The third-order valence-corrected chi connectivity index (χ3v) is 2.43. The van der Waals surface area contributed by atoms with E-state index in [0.717, 1.165) is 0 Å². The summed E-state index contributed by atoms with van der Waals surface area (Å²) in [5, 5.41) is 20.1. The van der Waals surface area contributed by atoms with Gasteiger partial charge in [0.2, 0.25) is 5.95 Å². The van der Waals surface area contributed by atoms with Crippen LogP contribution in [0.2, 0.25) is 0 Å². The van der Waals surface area contributed by atoms with E-state index in [1.807, 2.05) is 0 Å². The highest BCUT2D eigenvalue weighted by molar-refractivity contribution is 5.98. The highest BCUT2D eigenvalue weighted by atomic mass is 16.4. The zero-order valence-corrected chi connectivity index (χ0v) is 10.5. The first kappa shape index (κ1) is 13.4. The molecule has 0 aliphatic heterocycles. The number of nitrogens with zero attached hydrogens (tertiary/aromatic N) is 3. The zero-order chi connectivity index (χ0) is 14.5. The highest BCUT2D eigenvalue weighted by Gasteiger charge is 2.06. The minimum atomic E-state index is -1.05. The fourth-order valence-electron chi connectivity index (χ4n) is 1.41. The van der Waals surface area contributed by atoms with Crippen LogP contribution in [0.4, 0.5) is 5.95 Å². The smallest absolute Gasteiger partial charge is 0.336 e. The number of aryl methyl sites for hydroxylation is 1. The quantitative estimate of drug-likeness (QED) is 0.554. The topological polar surface area (TPSA) is 120 Å². The Balaban J connectivity index is 2.16. The van der Waals surface area contributed by atoms with Crippen molar-refractivity contribution in [3.8, 4) is 0 Å². The van der Waals surface area contributed by atoms with Crippen LogP contribution in [-0.2, 0) is 0 Å². The predicted molar refractivity (Wildman–Crippen MR) is 72.0 cm³/mol. The van der Waals surface area contributed by atoms with E-state index in [0.29, 0.717) is 5.56 Å². The van der Waals surface area contributed by atoms with Gasteiger partial charge in [-0.25, -0.2) is 10.2 Å². The number of anilines is 1. The molecule has 0 radical (unpaired) electrons. The van der Waals surface area contributed by atoms with Gasteiger partial charge in [-0.05, 0) is 13.0 Å². The molecule has 2 aromatic rings. The number of carbonyl (C=O) groups is 1. The number of hydrogen-bond donors (Lipinski definition) is 3. The average molecular weight is 273 g/mol. The summed E-state index contributed by atoms with van der Waals surface area (Å²) in [6.45, 7) is 1.53. The summed E-state index contributed by atoms with van der Waals surface area (Å²) in [4.78, 5) is 24.7. The van der Waals surface area contributed by atoms with Crippen LogP contribution >= 0.6 is 0 Å². The molecular formula is C12H11N5O3. The standard InChI is InChI=1S/C12H11N5O3/c1-7-10(18)14-12(17-15-7)16-13-6-8-4-2-3-5-9(8)11(19)20/h2-6H,1H3,(H,19,20)(H2,14,16,17,18). The molecule has 0 atom stereocenters. The van der Waals surface area contributed by atoms with Crippen molar-refractivity contribution < 1.29 is 9.90 Å².